The van der Waals surface area contributed by atoms with E-state index in [2.05, 4.69) is 66.7 Å². The number of para-hydroxylation sites is 1. The van der Waals surface area contributed by atoms with Crippen molar-refractivity contribution < 1.29 is 4.74 Å². The third-order valence-corrected chi connectivity index (χ3v) is 7.46. The van der Waals surface area contributed by atoms with Crippen LogP contribution in [0.4, 0.5) is 22.3 Å². The highest BCUT2D eigenvalue weighted by Crippen LogP contribution is 2.33. The third kappa shape index (κ3) is 5.91. The molecule has 5 aromatic rings. The van der Waals surface area contributed by atoms with Crippen molar-refractivity contribution >= 4 is 44.0 Å². The van der Waals surface area contributed by atoms with Gasteiger partial charge in [0.15, 0.2) is 16.6 Å². The lowest BCUT2D eigenvalue weighted by molar-refractivity contribution is 0.148. The molecule has 0 amide bonds. The summed E-state index contributed by atoms with van der Waals surface area (Å²) in [5.41, 5.74) is 3.89. The zero-order chi connectivity index (χ0) is 25.7. The van der Waals surface area contributed by atoms with Crippen LogP contribution in [0, 0.1) is 0 Å². The molecule has 1 fully saturated rings. The molecule has 0 aliphatic carbocycles. The minimum absolute atomic E-state index is 0.658. The first-order chi connectivity index (χ1) is 18.7. The summed E-state index contributed by atoms with van der Waals surface area (Å²) in [7, 11) is 2.18. The standard InChI is InChI=1S/C29H29N7OS/c1-35-15-17-36(18-16-35)19-21-7-9-23(10-8-21)33-29-34-28-26(38-29)27(30-20-31-28)32-22-11-13-25(14-12-22)37-24-5-3-2-4-6-24/h2-14,20H,15-19H2,1H3,(H2,30,31,32,33,34). The predicted molar refractivity (Wildman–Crippen MR) is 154 cm³/mol. The van der Waals surface area contributed by atoms with Crippen molar-refractivity contribution in [3.05, 3.63) is 90.8 Å². The lowest BCUT2D eigenvalue weighted by Crippen LogP contribution is -2.43. The summed E-state index contributed by atoms with van der Waals surface area (Å²) in [5.74, 6) is 2.30. The fourth-order valence-electron chi connectivity index (χ4n) is 4.35. The Morgan fingerprint density at radius 1 is 0.789 bits per heavy atom. The van der Waals surface area contributed by atoms with Gasteiger partial charge in [0.2, 0.25) is 0 Å². The van der Waals surface area contributed by atoms with Crippen molar-refractivity contribution in [2.75, 3.05) is 43.9 Å². The molecule has 0 bridgehead atoms. The first-order valence-electron chi connectivity index (χ1n) is 12.7. The average molecular weight is 524 g/mol. The Labute approximate surface area is 226 Å². The summed E-state index contributed by atoms with van der Waals surface area (Å²) in [5, 5.41) is 7.60. The molecule has 1 aliphatic heterocycles. The second-order valence-electron chi connectivity index (χ2n) is 9.36. The van der Waals surface area contributed by atoms with Gasteiger partial charge in [0.05, 0.1) is 0 Å². The van der Waals surface area contributed by atoms with Gasteiger partial charge in [-0.2, -0.15) is 4.98 Å². The van der Waals surface area contributed by atoms with Crippen LogP contribution in [-0.4, -0.2) is 58.0 Å². The van der Waals surface area contributed by atoms with E-state index in [1.807, 2.05) is 54.6 Å². The minimum Gasteiger partial charge on any atom is -0.457 e. The summed E-state index contributed by atoms with van der Waals surface area (Å²) >= 11 is 1.53. The number of hydrogen-bond acceptors (Lipinski definition) is 9. The number of rotatable bonds is 8. The van der Waals surface area contributed by atoms with E-state index in [1.165, 1.54) is 23.2 Å². The molecular weight excluding hydrogens is 494 g/mol. The van der Waals surface area contributed by atoms with Crippen LogP contribution in [0.25, 0.3) is 10.3 Å². The lowest BCUT2D eigenvalue weighted by Gasteiger charge is -2.32. The Morgan fingerprint density at radius 3 is 2.24 bits per heavy atom. The van der Waals surface area contributed by atoms with Crippen molar-refractivity contribution in [1.29, 1.82) is 0 Å². The minimum atomic E-state index is 0.658. The number of piperazine rings is 1. The number of nitrogens with one attached hydrogen (secondary N) is 2. The Balaban J connectivity index is 1.11. The second-order valence-corrected chi connectivity index (χ2v) is 10.4. The molecule has 3 aromatic carbocycles. The molecule has 1 aliphatic rings. The van der Waals surface area contributed by atoms with Crippen LogP contribution < -0.4 is 15.4 Å². The number of likely N-dealkylation sites (N-methyl/N-ethyl adjacent to an activating group) is 1. The first-order valence-corrected chi connectivity index (χ1v) is 13.5. The Morgan fingerprint density at radius 2 is 1.47 bits per heavy atom. The highest BCUT2D eigenvalue weighted by Gasteiger charge is 2.14. The monoisotopic (exact) mass is 523 g/mol. The van der Waals surface area contributed by atoms with Gasteiger partial charge >= 0.3 is 0 Å². The van der Waals surface area contributed by atoms with Crippen molar-refractivity contribution in [1.82, 2.24) is 24.8 Å². The molecule has 0 saturated carbocycles. The van der Waals surface area contributed by atoms with Crippen LogP contribution in [0.15, 0.2) is 85.2 Å². The molecule has 2 aromatic heterocycles. The van der Waals surface area contributed by atoms with Crippen LogP contribution in [0.1, 0.15) is 5.56 Å². The molecule has 3 heterocycles. The maximum Gasteiger partial charge on any atom is 0.189 e. The van der Waals surface area contributed by atoms with Crippen molar-refractivity contribution in [3.63, 3.8) is 0 Å². The summed E-state index contributed by atoms with van der Waals surface area (Å²) in [6, 6.07) is 26.1. The number of benzene rings is 3. The summed E-state index contributed by atoms with van der Waals surface area (Å²) in [6.07, 6.45) is 1.54. The molecule has 1 saturated heterocycles. The van der Waals surface area contributed by atoms with Gasteiger partial charge in [-0.1, -0.05) is 41.7 Å². The van der Waals surface area contributed by atoms with E-state index < -0.39 is 0 Å². The van der Waals surface area contributed by atoms with Gasteiger partial charge in [-0.05, 0) is 61.1 Å². The van der Waals surface area contributed by atoms with Crippen LogP contribution in [0.2, 0.25) is 0 Å². The fourth-order valence-corrected chi connectivity index (χ4v) is 5.23. The van der Waals surface area contributed by atoms with Gasteiger partial charge in [0.1, 0.15) is 22.5 Å². The SMILES string of the molecule is CN1CCN(Cc2ccc(Nc3nc4ncnc(Nc5ccc(Oc6ccccc6)cc5)c4s3)cc2)CC1. The van der Waals surface area contributed by atoms with Gasteiger partial charge in [0.25, 0.3) is 0 Å². The van der Waals surface area contributed by atoms with E-state index in [0.717, 1.165) is 71.2 Å². The lowest BCUT2D eigenvalue weighted by atomic mass is 10.2. The maximum atomic E-state index is 5.89. The van der Waals surface area contributed by atoms with E-state index >= 15 is 0 Å². The fraction of sp³-hybridized carbons (Fsp3) is 0.207. The number of nitrogens with zero attached hydrogens (tertiary/aromatic N) is 5. The molecule has 0 radical (unpaired) electrons. The molecule has 8 nitrogen and oxygen atoms in total. The Hall–Kier alpha value is -4.05. The van der Waals surface area contributed by atoms with E-state index in [-0.39, 0.29) is 0 Å². The van der Waals surface area contributed by atoms with Gasteiger partial charge < -0.3 is 20.3 Å². The van der Waals surface area contributed by atoms with E-state index in [9.17, 15) is 0 Å². The van der Waals surface area contributed by atoms with E-state index in [1.54, 1.807) is 0 Å². The van der Waals surface area contributed by atoms with Gasteiger partial charge in [0, 0.05) is 44.1 Å². The second kappa shape index (κ2) is 11.1. The molecule has 192 valence electrons. The quantitative estimate of drug-likeness (QED) is 0.252. The highest BCUT2D eigenvalue weighted by molar-refractivity contribution is 7.22. The smallest absolute Gasteiger partial charge is 0.189 e. The summed E-state index contributed by atoms with van der Waals surface area (Å²) in [6.45, 7) is 5.48. The van der Waals surface area contributed by atoms with Crippen LogP contribution in [0.3, 0.4) is 0 Å². The molecule has 9 heteroatoms. The zero-order valence-electron chi connectivity index (χ0n) is 21.2. The molecule has 6 rings (SSSR count). The highest BCUT2D eigenvalue weighted by atomic mass is 32.1. The van der Waals surface area contributed by atoms with Crippen molar-refractivity contribution in [2.24, 2.45) is 0 Å². The number of ether oxygens (including phenoxy) is 1. The number of fused-ring (bicyclic) bond motifs is 1. The predicted octanol–water partition coefficient (Wildman–Crippen LogP) is 6.11. The Kier molecular flexibility index (Phi) is 7.12. The van der Waals surface area contributed by atoms with Crippen LogP contribution >= 0.6 is 11.3 Å². The molecular formula is C29H29N7OS. The summed E-state index contributed by atoms with van der Waals surface area (Å²) < 4.78 is 6.78. The number of anilines is 4. The Bertz CT molecular complexity index is 1480. The normalized spacial score (nSPS) is 14.4. The zero-order valence-corrected chi connectivity index (χ0v) is 22.0. The van der Waals surface area contributed by atoms with Crippen LogP contribution in [0.5, 0.6) is 11.5 Å². The topological polar surface area (TPSA) is 78.4 Å². The van der Waals surface area contributed by atoms with Crippen molar-refractivity contribution in [3.8, 4) is 11.5 Å². The van der Waals surface area contributed by atoms with Gasteiger partial charge in [-0.15, -0.1) is 0 Å². The molecule has 0 atom stereocenters. The van der Waals surface area contributed by atoms with E-state index in [0.29, 0.717) is 5.65 Å². The average Bonchev–Trinajstić information content (AvgIpc) is 3.36. The van der Waals surface area contributed by atoms with Gasteiger partial charge in [-0.3, -0.25) is 4.90 Å². The van der Waals surface area contributed by atoms with E-state index in [4.69, 9.17) is 4.74 Å². The largest absolute Gasteiger partial charge is 0.457 e. The van der Waals surface area contributed by atoms with Crippen molar-refractivity contribution in [2.45, 2.75) is 6.54 Å². The number of thiazole rings is 1. The third-order valence-electron chi connectivity index (χ3n) is 6.49. The number of hydrogen-bond donors (Lipinski definition) is 2. The molecule has 0 spiro atoms. The molecule has 0 unspecified atom stereocenters. The van der Waals surface area contributed by atoms with Crippen LogP contribution in [-0.2, 0) is 6.54 Å². The summed E-state index contributed by atoms with van der Waals surface area (Å²) in [4.78, 5) is 18.4. The van der Waals surface area contributed by atoms with Gasteiger partial charge in [-0.25, -0.2) is 9.97 Å². The maximum absolute atomic E-state index is 5.89. The number of aromatic nitrogens is 3. The first kappa shape index (κ1) is 24.3. The molecule has 2 N–H and O–H groups in total. The molecule has 38 heavy (non-hydrogen) atoms.